The second-order valence-electron chi connectivity index (χ2n) is 6.77. The van der Waals surface area contributed by atoms with Crippen molar-refractivity contribution in [2.24, 2.45) is 17.3 Å². The minimum atomic E-state index is -0.181. The largest absolute Gasteiger partial charge is 0.294 e. The van der Waals surface area contributed by atoms with Gasteiger partial charge in [0.05, 0.1) is 0 Å². The van der Waals surface area contributed by atoms with Gasteiger partial charge in [0, 0.05) is 16.9 Å². The summed E-state index contributed by atoms with van der Waals surface area (Å²) in [6.07, 6.45) is 5.79. The van der Waals surface area contributed by atoms with Gasteiger partial charge in [-0.15, -0.1) is 0 Å². The maximum absolute atomic E-state index is 13.0. The summed E-state index contributed by atoms with van der Waals surface area (Å²) in [4.78, 5) is 13.0. The fraction of sp³-hybridized carbons (Fsp3) is 0.316. The third-order valence-corrected chi connectivity index (χ3v) is 5.95. The third kappa shape index (κ3) is 1.02. The zero-order valence-electron chi connectivity index (χ0n) is 11.5. The van der Waals surface area contributed by atoms with Gasteiger partial charge in [-0.05, 0) is 40.7 Å². The molecule has 2 aromatic carbocycles. The van der Waals surface area contributed by atoms with Crippen LogP contribution in [-0.4, -0.2) is 5.78 Å². The van der Waals surface area contributed by atoms with Crippen LogP contribution >= 0.6 is 0 Å². The van der Waals surface area contributed by atoms with Crippen LogP contribution in [0, 0.1) is 17.3 Å². The number of fused-ring (bicyclic) bond motifs is 8. The molecule has 0 aliphatic heterocycles. The molecule has 0 unspecified atom stereocenters. The first kappa shape index (κ1) is 10.8. The van der Waals surface area contributed by atoms with E-state index in [2.05, 4.69) is 49.4 Å². The summed E-state index contributed by atoms with van der Waals surface area (Å²) in [5.41, 5.74) is 2.10. The molecule has 5 rings (SSSR count). The minimum absolute atomic E-state index is 0.181. The summed E-state index contributed by atoms with van der Waals surface area (Å²) in [7, 11) is 0. The Kier molecular flexibility index (Phi) is 1.75. The van der Waals surface area contributed by atoms with Gasteiger partial charge in [0.2, 0.25) is 0 Å². The Morgan fingerprint density at radius 3 is 2.65 bits per heavy atom. The highest BCUT2D eigenvalue weighted by molar-refractivity contribution is 6.09. The van der Waals surface area contributed by atoms with Crippen molar-refractivity contribution in [1.82, 2.24) is 0 Å². The lowest BCUT2D eigenvalue weighted by Gasteiger charge is -2.31. The number of carbonyl (C=O) groups excluding carboxylic acids is 1. The van der Waals surface area contributed by atoms with Crippen molar-refractivity contribution < 1.29 is 4.79 Å². The number of allylic oxidation sites excluding steroid dienone is 2. The van der Waals surface area contributed by atoms with Crippen molar-refractivity contribution in [2.75, 3.05) is 0 Å². The molecule has 2 aromatic rings. The first-order valence-electron chi connectivity index (χ1n) is 7.45. The molecule has 3 aliphatic rings. The average molecular weight is 260 g/mol. The highest BCUT2D eigenvalue weighted by atomic mass is 16.1. The highest BCUT2D eigenvalue weighted by Crippen LogP contribution is 2.65. The molecule has 1 nitrogen and oxygen atoms in total. The Balaban J connectivity index is 1.84. The second kappa shape index (κ2) is 3.22. The summed E-state index contributed by atoms with van der Waals surface area (Å²) >= 11 is 0. The summed E-state index contributed by atoms with van der Waals surface area (Å²) in [6.45, 7) is 2.19. The zero-order chi connectivity index (χ0) is 13.5. The van der Waals surface area contributed by atoms with Crippen molar-refractivity contribution >= 4 is 16.6 Å². The molecule has 98 valence electrons. The lowest BCUT2D eigenvalue weighted by atomic mass is 9.70. The van der Waals surface area contributed by atoms with Gasteiger partial charge in [0.15, 0.2) is 5.78 Å². The first-order chi connectivity index (χ1) is 9.69. The van der Waals surface area contributed by atoms with E-state index in [1.807, 2.05) is 6.07 Å². The van der Waals surface area contributed by atoms with Gasteiger partial charge in [-0.25, -0.2) is 0 Å². The van der Waals surface area contributed by atoms with Gasteiger partial charge in [0.1, 0.15) is 0 Å². The number of benzene rings is 2. The first-order valence-corrected chi connectivity index (χ1v) is 7.45. The molecular weight excluding hydrogens is 244 g/mol. The van der Waals surface area contributed by atoms with Crippen LogP contribution in [0.1, 0.15) is 35.2 Å². The third-order valence-electron chi connectivity index (χ3n) is 5.95. The maximum Gasteiger partial charge on any atom is 0.170 e. The van der Waals surface area contributed by atoms with E-state index in [4.69, 9.17) is 0 Å². The average Bonchev–Trinajstić information content (AvgIpc) is 3.10. The molecule has 0 N–H and O–H groups in total. The topological polar surface area (TPSA) is 17.1 Å². The van der Waals surface area contributed by atoms with E-state index in [0.29, 0.717) is 23.5 Å². The number of rotatable bonds is 0. The number of hydrogen-bond acceptors (Lipinski definition) is 1. The summed E-state index contributed by atoms with van der Waals surface area (Å²) in [6, 6.07) is 12.8. The van der Waals surface area contributed by atoms with E-state index in [9.17, 15) is 4.79 Å². The summed E-state index contributed by atoms with van der Waals surface area (Å²) in [5.74, 6) is 1.79. The standard InChI is InChI=1S/C19H16O/c1-19-14-7-6-13(8-14)17(19)15-9-11-4-2-3-5-12(11)10-16(15)18(19)20/h2-7,9-10,13-14,17H,8H2,1H3/t13-,14+,17+,19+/m0/s1. The van der Waals surface area contributed by atoms with Crippen LogP contribution in [0.5, 0.6) is 0 Å². The molecule has 0 heterocycles. The monoisotopic (exact) mass is 260 g/mol. The van der Waals surface area contributed by atoms with Crippen molar-refractivity contribution in [2.45, 2.75) is 19.3 Å². The highest BCUT2D eigenvalue weighted by Gasteiger charge is 2.62. The Morgan fingerprint density at radius 2 is 1.85 bits per heavy atom. The number of hydrogen-bond donors (Lipinski definition) is 0. The van der Waals surface area contributed by atoms with Crippen LogP contribution in [0.3, 0.4) is 0 Å². The Hall–Kier alpha value is -1.89. The summed E-state index contributed by atoms with van der Waals surface area (Å²) < 4.78 is 0. The normalized spacial score (nSPS) is 36.6. The predicted octanol–water partition coefficient (Wildman–Crippen LogP) is 4.33. The number of ketones is 1. The van der Waals surface area contributed by atoms with E-state index >= 15 is 0 Å². The zero-order valence-corrected chi connectivity index (χ0v) is 11.5. The van der Waals surface area contributed by atoms with Gasteiger partial charge >= 0.3 is 0 Å². The van der Waals surface area contributed by atoms with Gasteiger partial charge in [-0.2, -0.15) is 0 Å². The molecule has 0 amide bonds. The molecule has 1 fully saturated rings. The fourth-order valence-corrected chi connectivity index (χ4v) is 4.96. The molecule has 3 aliphatic carbocycles. The summed E-state index contributed by atoms with van der Waals surface area (Å²) in [5, 5.41) is 2.44. The van der Waals surface area contributed by atoms with Crippen LogP contribution in [0.15, 0.2) is 48.6 Å². The smallest absolute Gasteiger partial charge is 0.170 e. The predicted molar refractivity (Wildman–Crippen MR) is 79.9 cm³/mol. The Labute approximate surface area is 118 Å². The molecule has 1 saturated carbocycles. The lowest BCUT2D eigenvalue weighted by molar-refractivity contribution is 0.0781. The number of Topliss-reactive ketones (excluding diaryl/α,β-unsaturated/α-hetero) is 1. The Bertz CT molecular complexity index is 801. The van der Waals surface area contributed by atoms with Crippen LogP contribution < -0.4 is 0 Å². The molecule has 1 heteroatoms. The van der Waals surface area contributed by atoms with Gasteiger partial charge in [-0.1, -0.05) is 49.4 Å². The lowest BCUT2D eigenvalue weighted by Crippen LogP contribution is -2.32. The minimum Gasteiger partial charge on any atom is -0.294 e. The van der Waals surface area contributed by atoms with E-state index in [-0.39, 0.29) is 5.41 Å². The van der Waals surface area contributed by atoms with Crippen molar-refractivity contribution in [3.8, 4) is 0 Å². The Morgan fingerprint density at radius 1 is 1.10 bits per heavy atom. The number of carbonyl (C=O) groups is 1. The molecule has 0 radical (unpaired) electrons. The molecule has 4 atom stereocenters. The fourth-order valence-electron chi connectivity index (χ4n) is 4.96. The van der Waals surface area contributed by atoms with Crippen LogP contribution in [-0.2, 0) is 0 Å². The second-order valence-corrected chi connectivity index (χ2v) is 6.77. The maximum atomic E-state index is 13.0. The van der Waals surface area contributed by atoms with Gasteiger partial charge in [0.25, 0.3) is 0 Å². The van der Waals surface area contributed by atoms with Crippen molar-refractivity contribution in [3.05, 3.63) is 59.7 Å². The van der Waals surface area contributed by atoms with E-state index < -0.39 is 0 Å². The van der Waals surface area contributed by atoms with Crippen molar-refractivity contribution in [1.29, 1.82) is 0 Å². The van der Waals surface area contributed by atoms with E-state index in [0.717, 1.165) is 5.56 Å². The quantitative estimate of drug-likeness (QED) is 0.644. The molecule has 20 heavy (non-hydrogen) atoms. The van der Waals surface area contributed by atoms with Crippen LogP contribution in [0.2, 0.25) is 0 Å². The van der Waals surface area contributed by atoms with Gasteiger partial charge in [-0.3, -0.25) is 4.79 Å². The molecule has 2 bridgehead atoms. The van der Waals surface area contributed by atoms with Crippen LogP contribution in [0.4, 0.5) is 0 Å². The van der Waals surface area contributed by atoms with Crippen molar-refractivity contribution in [3.63, 3.8) is 0 Å². The molecular formula is C19H16O. The van der Waals surface area contributed by atoms with E-state index in [1.165, 1.54) is 22.8 Å². The van der Waals surface area contributed by atoms with E-state index in [1.54, 1.807) is 0 Å². The molecule has 0 saturated heterocycles. The molecule has 0 spiro atoms. The van der Waals surface area contributed by atoms with Crippen LogP contribution in [0.25, 0.3) is 10.8 Å². The molecule has 0 aromatic heterocycles. The SMILES string of the molecule is C[C@]12C(=O)c3cc4ccccc4cc3[C@H]1[C@H]1C=C[C@@H]2C1. The van der Waals surface area contributed by atoms with Gasteiger partial charge < -0.3 is 0 Å².